The van der Waals surface area contributed by atoms with Gasteiger partial charge < -0.3 is 14.8 Å². The van der Waals surface area contributed by atoms with Crippen LogP contribution in [0.2, 0.25) is 0 Å². The number of ether oxygens (including phenoxy) is 2. The summed E-state index contributed by atoms with van der Waals surface area (Å²) in [7, 11) is 1.65. The molecule has 1 amide bonds. The van der Waals surface area contributed by atoms with Gasteiger partial charge in [0.2, 0.25) is 0 Å². The van der Waals surface area contributed by atoms with Crippen LogP contribution < -0.4 is 10.1 Å². The predicted molar refractivity (Wildman–Crippen MR) is 91.7 cm³/mol. The third-order valence-corrected chi connectivity index (χ3v) is 3.53. The van der Waals surface area contributed by atoms with Crippen molar-refractivity contribution in [2.45, 2.75) is 33.0 Å². The first-order valence-electron chi connectivity index (χ1n) is 7.77. The molecule has 4 nitrogen and oxygen atoms in total. The van der Waals surface area contributed by atoms with Crippen LogP contribution in [-0.4, -0.2) is 19.1 Å². The minimum atomic E-state index is -0.575. The van der Waals surface area contributed by atoms with Crippen molar-refractivity contribution < 1.29 is 14.3 Å². The van der Waals surface area contributed by atoms with E-state index in [-0.39, 0.29) is 5.91 Å². The Morgan fingerprint density at radius 3 is 2.70 bits per heavy atom. The number of anilines is 1. The number of hydrogen-bond donors (Lipinski definition) is 1. The van der Waals surface area contributed by atoms with Crippen molar-refractivity contribution in [2.24, 2.45) is 0 Å². The summed E-state index contributed by atoms with van der Waals surface area (Å²) in [5.41, 5.74) is 2.84. The van der Waals surface area contributed by atoms with E-state index in [0.29, 0.717) is 6.61 Å². The molecule has 0 fully saturated rings. The van der Waals surface area contributed by atoms with Crippen LogP contribution in [0.5, 0.6) is 5.75 Å². The van der Waals surface area contributed by atoms with Gasteiger partial charge in [0.1, 0.15) is 5.75 Å². The van der Waals surface area contributed by atoms with E-state index in [1.165, 1.54) is 0 Å². The SMILES string of the molecule is CCc1ccccc1O[C@@H](C)C(=O)Nc1cccc(COC)c1. The van der Waals surface area contributed by atoms with Gasteiger partial charge in [-0.25, -0.2) is 0 Å². The Bertz CT molecular complexity index is 655. The van der Waals surface area contributed by atoms with Crippen molar-refractivity contribution in [2.75, 3.05) is 12.4 Å². The van der Waals surface area contributed by atoms with Crippen LogP contribution in [-0.2, 0) is 22.6 Å². The Morgan fingerprint density at radius 2 is 1.96 bits per heavy atom. The smallest absolute Gasteiger partial charge is 0.265 e. The Kier molecular flexibility index (Phi) is 6.18. The first-order valence-corrected chi connectivity index (χ1v) is 7.77. The van der Waals surface area contributed by atoms with Crippen molar-refractivity contribution >= 4 is 11.6 Å². The Morgan fingerprint density at radius 1 is 1.17 bits per heavy atom. The third kappa shape index (κ3) is 4.83. The highest BCUT2D eigenvalue weighted by molar-refractivity contribution is 5.94. The number of aryl methyl sites for hydroxylation is 1. The molecule has 0 saturated carbocycles. The van der Waals surface area contributed by atoms with E-state index in [2.05, 4.69) is 12.2 Å². The van der Waals surface area contributed by atoms with Crippen molar-refractivity contribution in [3.63, 3.8) is 0 Å². The zero-order valence-corrected chi connectivity index (χ0v) is 13.8. The normalized spacial score (nSPS) is 11.8. The standard InChI is InChI=1S/C19H23NO3/c1-4-16-9-5-6-11-18(16)23-14(2)19(21)20-17-10-7-8-15(12-17)13-22-3/h5-12,14H,4,13H2,1-3H3,(H,20,21)/t14-/m0/s1. The number of nitrogens with one attached hydrogen (secondary N) is 1. The minimum absolute atomic E-state index is 0.175. The van der Waals surface area contributed by atoms with Crippen LogP contribution in [0.4, 0.5) is 5.69 Å². The van der Waals surface area contributed by atoms with E-state index in [4.69, 9.17) is 9.47 Å². The van der Waals surface area contributed by atoms with E-state index in [1.807, 2.05) is 48.5 Å². The Labute approximate surface area is 137 Å². The fraction of sp³-hybridized carbons (Fsp3) is 0.316. The molecule has 122 valence electrons. The summed E-state index contributed by atoms with van der Waals surface area (Å²) in [5.74, 6) is 0.580. The van der Waals surface area contributed by atoms with Crippen LogP contribution in [0.3, 0.4) is 0 Å². The zero-order valence-electron chi connectivity index (χ0n) is 13.8. The molecule has 2 rings (SSSR count). The number of rotatable bonds is 7. The lowest BCUT2D eigenvalue weighted by molar-refractivity contribution is -0.122. The summed E-state index contributed by atoms with van der Waals surface area (Å²) >= 11 is 0. The van der Waals surface area contributed by atoms with Crippen LogP contribution in [0.25, 0.3) is 0 Å². The zero-order chi connectivity index (χ0) is 16.7. The number of amides is 1. The molecule has 0 saturated heterocycles. The number of methoxy groups -OCH3 is 1. The monoisotopic (exact) mass is 313 g/mol. The van der Waals surface area contributed by atoms with Crippen molar-refractivity contribution in [1.29, 1.82) is 0 Å². The Hall–Kier alpha value is -2.33. The van der Waals surface area contributed by atoms with Gasteiger partial charge in [0.05, 0.1) is 6.61 Å². The molecule has 2 aromatic rings. The molecule has 0 bridgehead atoms. The van der Waals surface area contributed by atoms with Gasteiger partial charge >= 0.3 is 0 Å². The molecule has 0 aromatic heterocycles. The molecule has 0 aliphatic heterocycles. The van der Waals surface area contributed by atoms with Crippen LogP contribution in [0.15, 0.2) is 48.5 Å². The summed E-state index contributed by atoms with van der Waals surface area (Å²) < 4.78 is 10.9. The van der Waals surface area contributed by atoms with E-state index < -0.39 is 6.10 Å². The fourth-order valence-corrected chi connectivity index (χ4v) is 2.30. The maximum absolute atomic E-state index is 12.3. The van der Waals surface area contributed by atoms with Crippen LogP contribution in [0, 0.1) is 0 Å². The molecule has 2 aromatic carbocycles. The summed E-state index contributed by atoms with van der Waals surface area (Å²) in [6, 6.07) is 15.4. The van der Waals surface area contributed by atoms with Crippen molar-refractivity contribution in [3.8, 4) is 5.75 Å². The number of hydrogen-bond acceptors (Lipinski definition) is 3. The van der Waals surface area contributed by atoms with Gasteiger partial charge in [0.25, 0.3) is 5.91 Å². The molecule has 0 aliphatic rings. The second-order valence-electron chi connectivity index (χ2n) is 5.34. The van der Waals surface area contributed by atoms with Crippen LogP contribution >= 0.6 is 0 Å². The lowest BCUT2D eigenvalue weighted by atomic mass is 10.1. The predicted octanol–water partition coefficient (Wildman–Crippen LogP) is 3.80. The van der Waals surface area contributed by atoms with Crippen molar-refractivity contribution in [3.05, 3.63) is 59.7 Å². The van der Waals surface area contributed by atoms with Gasteiger partial charge in [0.15, 0.2) is 6.10 Å². The van der Waals surface area contributed by atoms with Crippen LogP contribution in [0.1, 0.15) is 25.0 Å². The first-order chi connectivity index (χ1) is 11.1. The van der Waals surface area contributed by atoms with E-state index >= 15 is 0 Å². The Balaban J connectivity index is 2.01. The maximum atomic E-state index is 12.3. The average Bonchev–Trinajstić information content (AvgIpc) is 2.56. The molecular formula is C19H23NO3. The highest BCUT2D eigenvalue weighted by atomic mass is 16.5. The van der Waals surface area contributed by atoms with E-state index in [0.717, 1.165) is 29.0 Å². The second kappa shape index (κ2) is 8.34. The number of carbonyl (C=O) groups excluding carboxylic acids is 1. The van der Waals surface area contributed by atoms with Gasteiger partial charge in [-0.2, -0.15) is 0 Å². The molecule has 1 atom stereocenters. The maximum Gasteiger partial charge on any atom is 0.265 e. The number of carbonyl (C=O) groups is 1. The lowest BCUT2D eigenvalue weighted by Gasteiger charge is -2.17. The molecule has 0 radical (unpaired) electrons. The molecule has 4 heteroatoms. The topological polar surface area (TPSA) is 47.6 Å². The number of benzene rings is 2. The molecule has 0 heterocycles. The number of para-hydroxylation sites is 1. The van der Waals surface area contributed by atoms with E-state index in [1.54, 1.807) is 14.0 Å². The summed E-state index contributed by atoms with van der Waals surface area (Å²) in [4.78, 5) is 12.3. The summed E-state index contributed by atoms with van der Waals surface area (Å²) in [5, 5.41) is 2.88. The quantitative estimate of drug-likeness (QED) is 0.845. The van der Waals surface area contributed by atoms with Gasteiger partial charge in [-0.15, -0.1) is 0 Å². The lowest BCUT2D eigenvalue weighted by Crippen LogP contribution is -2.30. The first kappa shape index (κ1) is 17.0. The van der Waals surface area contributed by atoms with Gasteiger partial charge in [0, 0.05) is 12.8 Å². The molecule has 23 heavy (non-hydrogen) atoms. The van der Waals surface area contributed by atoms with Gasteiger partial charge in [-0.3, -0.25) is 4.79 Å². The molecule has 0 unspecified atom stereocenters. The third-order valence-electron chi connectivity index (χ3n) is 3.53. The minimum Gasteiger partial charge on any atom is -0.481 e. The molecular weight excluding hydrogens is 290 g/mol. The fourth-order valence-electron chi connectivity index (χ4n) is 2.30. The van der Waals surface area contributed by atoms with Gasteiger partial charge in [-0.1, -0.05) is 37.3 Å². The van der Waals surface area contributed by atoms with Gasteiger partial charge in [-0.05, 0) is 42.7 Å². The largest absolute Gasteiger partial charge is 0.481 e. The van der Waals surface area contributed by atoms with E-state index in [9.17, 15) is 4.79 Å². The van der Waals surface area contributed by atoms with Crippen molar-refractivity contribution in [1.82, 2.24) is 0 Å². The molecule has 1 N–H and O–H groups in total. The summed E-state index contributed by atoms with van der Waals surface area (Å²) in [6.45, 7) is 4.33. The highest BCUT2D eigenvalue weighted by Crippen LogP contribution is 2.20. The second-order valence-corrected chi connectivity index (χ2v) is 5.34. The molecule has 0 aliphatic carbocycles. The highest BCUT2D eigenvalue weighted by Gasteiger charge is 2.16. The summed E-state index contributed by atoms with van der Waals surface area (Å²) in [6.07, 6.45) is 0.289. The molecule has 0 spiro atoms. The average molecular weight is 313 g/mol.